The Balaban J connectivity index is 1.84. The number of nitrogens with zero attached hydrogens (tertiary/aromatic N) is 1. The van der Waals surface area contributed by atoms with Crippen LogP contribution in [0.25, 0.3) is 0 Å². The summed E-state index contributed by atoms with van der Waals surface area (Å²) >= 11 is 0. The lowest BCUT2D eigenvalue weighted by molar-refractivity contribution is -0.117. The third-order valence-electron chi connectivity index (χ3n) is 4.10. The fourth-order valence-electron chi connectivity index (χ4n) is 2.97. The van der Waals surface area contributed by atoms with Crippen LogP contribution in [-0.4, -0.2) is 30.4 Å². The maximum absolute atomic E-state index is 12.1. The first-order valence-corrected chi connectivity index (χ1v) is 7.40. The van der Waals surface area contributed by atoms with Crippen molar-refractivity contribution in [2.45, 2.75) is 38.6 Å². The first-order valence-electron chi connectivity index (χ1n) is 7.40. The number of likely N-dealkylation sites (N-methyl/N-ethyl adjacent to an activating group) is 1. The third-order valence-corrected chi connectivity index (χ3v) is 4.10. The predicted octanol–water partition coefficient (Wildman–Crippen LogP) is 2.72. The number of nitrogens with one attached hydrogen (secondary N) is 1. The summed E-state index contributed by atoms with van der Waals surface area (Å²) in [4.78, 5) is 14.2. The normalized spacial score (nSPS) is 22.8. The smallest absolute Gasteiger partial charge is 0.238 e. The molecule has 3 N–H and O–H groups in total. The molecule has 2 unspecified atom stereocenters. The number of carbonyl (C=O) groups excluding carboxylic acids is 1. The molecule has 20 heavy (non-hydrogen) atoms. The molecule has 1 fully saturated rings. The molecule has 0 spiro atoms. The second kappa shape index (κ2) is 6.75. The highest BCUT2D eigenvalue weighted by molar-refractivity contribution is 5.92. The summed E-state index contributed by atoms with van der Waals surface area (Å²) < 4.78 is 0. The highest BCUT2D eigenvalue weighted by Gasteiger charge is 2.23. The summed E-state index contributed by atoms with van der Waals surface area (Å²) in [5.41, 5.74) is 7.13. The molecule has 1 saturated carbocycles. The number of nitrogen functional groups attached to an aromatic ring is 1. The molecular formula is C16H25N3O. The average Bonchev–Trinajstić information content (AvgIpc) is 2.38. The molecular weight excluding hydrogens is 250 g/mol. The zero-order chi connectivity index (χ0) is 14.5. The van der Waals surface area contributed by atoms with E-state index in [0.29, 0.717) is 18.3 Å². The van der Waals surface area contributed by atoms with Crippen molar-refractivity contribution < 1.29 is 4.79 Å². The second-order valence-electron chi connectivity index (χ2n) is 6.01. The molecule has 4 heteroatoms. The summed E-state index contributed by atoms with van der Waals surface area (Å²) in [5.74, 6) is 0.796. The molecule has 1 aromatic rings. The molecule has 110 valence electrons. The topological polar surface area (TPSA) is 58.4 Å². The zero-order valence-corrected chi connectivity index (χ0v) is 12.4. The molecule has 2 atom stereocenters. The van der Waals surface area contributed by atoms with Crippen LogP contribution in [0, 0.1) is 5.92 Å². The van der Waals surface area contributed by atoms with Gasteiger partial charge < -0.3 is 11.1 Å². The van der Waals surface area contributed by atoms with E-state index >= 15 is 0 Å². The highest BCUT2D eigenvalue weighted by atomic mass is 16.2. The van der Waals surface area contributed by atoms with Crippen LogP contribution < -0.4 is 11.1 Å². The molecule has 0 aromatic heterocycles. The Bertz CT molecular complexity index is 461. The summed E-state index contributed by atoms with van der Waals surface area (Å²) in [5, 5.41) is 2.90. The van der Waals surface area contributed by atoms with Crippen molar-refractivity contribution in [2.24, 2.45) is 5.92 Å². The van der Waals surface area contributed by atoms with E-state index in [-0.39, 0.29) is 5.91 Å². The number of carbonyl (C=O) groups is 1. The minimum atomic E-state index is 0.0244. The Hall–Kier alpha value is -1.55. The van der Waals surface area contributed by atoms with Gasteiger partial charge in [0, 0.05) is 17.4 Å². The number of anilines is 2. The number of amides is 1. The van der Waals surface area contributed by atoms with Gasteiger partial charge in [-0.1, -0.05) is 25.8 Å². The van der Waals surface area contributed by atoms with Crippen LogP contribution in [0.4, 0.5) is 11.4 Å². The molecule has 4 nitrogen and oxygen atoms in total. The van der Waals surface area contributed by atoms with Crippen molar-refractivity contribution in [2.75, 3.05) is 24.6 Å². The van der Waals surface area contributed by atoms with Crippen molar-refractivity contribution in [3.05, 3.63) is 24.3 Å². The zero-order valence-electron chi connectivity index (χ0n) is 12.4. The third kappa shape index (κ3) is 4.23. The van der Waals surface area contributed by atoms with E-state index < -0.39 is 0 Å². The number of hydrogen-bond donors (Lipinski definition) is 2. The average molecular weight is 275 g/mol. The van der Waals surface area contributed by atoms with Gasteiger partial charge in [-0.15, -0.1) is 0 Å². The Morgan fingerprint density at radius 1 is 1.45 bits per heavy atom. The molecule has 0 saturated heterocycles. The van der Waals surface area contributed by atoms with E-state index in [1.807, 2.05) is 25.2 Å². The Morgan fingerprint density at radius 2 is 2.25 bits per heavy atom. The van der Waals surface area contributed by atoms with Gasteiger partial charge in [0.05, 0.1) is 6.54 Å². The largest absolute Gasteiger partial charge is 0.399 e. The van der Waals surface area contributed by atoms with Gasteiger partial charge in [-0.3, -0.25) is 9.69 Å². The lowest BCUT2D eigenvalue weighted by Gasteiger charge is -2.33. The van der Waals surface area contributed by atoms with Crippen molar-refractivity contribution in [3.63, 3.8) is 0 Å². The van der Waals surface area contributed by atoms with Crippen molar-refractivity contribution in [1.29, 1.82) is 0 Å². The highest BCUT2D eigenvalue weighted by Crippen LogP contribution is 2.26. The van der Waals surface area contributed by atoms with Crippen molar-refractivity contribution in [1.82, 2.24) is 4.90 Å². The van der Waals surface area contributed by atoms with E-state index in [4.69, 9.17) is 5.73 Å². The number of hydrogen-bond acceptors (Lipinski definition) is 3. The van der Waals surface area contributed by atoms with E-state index in [1.165, 1.54) is 25.7 Å². The first-order chi connectivity index (χ1) is 9.54. The molecule has 0 bridgehead atoms. The van der Waals surface area contributed by atoms with Crippen LogP contribution in [0.1, 0.15) is 32.6 Å². The monoisotopic (exact) mass is 275 g/mol. The van der Waals surface area contributed by atoms with Gasteiger partial charge in [0.25, 0.3) is 0 Å². The molecule has 0 heterocycles. The molecule has 1 aromatic carbocycles. The lowest BCUT2D eigenvalue weighted by atomic mass is 9.86. The Labute approximate surface area is 121 Å². The van der Waals surface area contributed by atoms with E-state index in [2.05, 4.69) is 17.1 Å². The summed E-state index contributed by atoms with van der Waals surface area (Å²) in [6, 6.07) is 7.82. The fraction of sp³-hybridized carbons (Fsp3) is 0.562. The maximum Gasteiger partial charge on any atom is 0.238 e. The quantitative estimate of drug-likeness (QED) is 0.831. The Kier molecular flexibility index (Phi) is 5.01. The summed E-state index contributed by atoms with van der Waals surface area (Å²) in [7, 11) is 2.04. The minimum absolute atomic E-state index is 0.0244. The standard InChI is InChI=1S/C16H25N3O/c1-12-5-3-8-15(9-12)19(2)11-16(20)18-14-7-4-6-13(17)10-14/h4,6-7,10,12,15H,3,5,8-9,11,17H2,1-2H3,(H,18,20). The maximum atomic E-state index is 12.1. The van der Waals surface area contributed by atoms with Crippen LogP contribution in [0.3, 0.4) is 0 Å². The fourth-order valence-corrected chi connectivity index (χ4v) is 2.97. The lowest BCUT2D eigenvalue weighted by Crippen LogP contribution is -2.40. The van der Waals surface area contributed by atoms with Crippen LogP contribution in [0.2, 0.25) is 0 Å². The van der Waals surface area contributed by atoms with Crippen LogP contribution in [0.5, 0.6) is 0 Å². The van der Waals surface area contributed by atoms with Gasteiger partial charge in [0.1, 0.15) is 0 Å². The summed E-state index contributed by atoms with van der Waals surface area (Å²) in [6.45, 7) is 2.74. The van der Waals surface area contributed by atoms with Crippen LogP contribution >= 0.6 is 0 Å². The van der Waals surface area contributed by atoms with Crippen molar-refractivity contribution >= 4 is 17.3 Å². The number of benzene rings is 1. The van der Waals surface area contributed by atoms with Gasteiger partial charge in [0.15, 0.2) is 0 Å². The molecule has 1 aliphatic rings. The second-order valence-corrected chi connectivity index (χ2v) is 6.01. The Morgan fingerprint density at radius 3 is 2.95 bits per heavy atom. The molecule has 1 amide bonds. The number of nitrogens with two attached hydrogens (primary N) is 1. The van der Waals surface area contributed by atoms with Crippen LogP contribution in [-0.2, 0) is 4.79 Å². The van der Waals surface area contributed by atoms with E-state index in [0.717, 1.165) is 11.6 Å². The van der Waals surface area contributed by atoms with E-state index in [9.17, 15) is 4.79 Å². The van der Waals surface area contributed by atoms with Gasteiger partial charge in [-0.05, 0) is 44.0 Å². The number of rotatable bonds is 4. The van der Waals surface area contributed by atoms with Gasteiger partial charge in [-0.2, -0.15) is 0 Å². The van der Waals surface area contributed by atoms with E-state index in [1.54, 1.807) is 6.07 Å². The molecule has 0 aliphatic heterocycles. The predicted molar refractivity (Wildman–Crippen MR) is 83.5 cm³/mol. The van der Waals surface area contributed by atoms with Gasteiger partial charge in [0.2, 0.25) is 5.91 Å². The SMILES string of the molecule is CC1CCCC(N(C)CC(=O)Nc2cccc(N)c2)C1. The summed E-state index contributed by atoms with van der Waals surface area (Å²) in [6.07, 6.45) is 4.99. The van der Waals surface area contributed by atoms with Gasteiger partial charge >= 0.3 is 0 Å². The van der Waals surface area contributed by atoms with Crippen molar-refractivity contribution in [3.8, 4) is 0 Å². The first kappa shape index (κ1) is 14.9. The molecule has 1 aliphatic carbocycles. The van der Waals surface area contributed by atoms with Gasteiger partial charge in [-0.25, -0.2) is 0 Å². The molecule has 2 rings (SSSR count). The molecule has 0 radical (unpaired) electrons. The van der Waals surface area contributed by atoms with Crippen LogP contribution in [0.15, 0.2) is 24.3 Å². The minimum Gasteiger partial charge on any atom is -0.399 e.